The Kier molecular flexibility index (Phi) is 15.8. The minimum atomic E-state index is -0.475. The van der Waals surface area contributed by atoms with Gasteiger partial charge in [0.05, 0.1) is 21.9 Å². The number of fused-ring (bicyclic) bond motifs is 20. The molecule has 0 N–H and O–H groups in total. The fraction of sp³-hybridized carbons (Fsp3) is 0.0413. The summed E-state index contributed by atoms with van der Waals surface area (Å²) >= 11 is 0. The van der Waals surface area contributed by atoms with Crippen molar-refractivity contribution in [2.75, 3.05) is 0 Å². The smallest absolute Gasteiger partial charge is 0.0714 e. The molecule has 20 aromatic carbocycles. The van der Waals surface area contributed by atoms with E-state index < -0.39 is 10.8 Å². The molecule has 21 aromatic rings. The van der Waals surface area contributed by atoms with Crippen LogP contribution < -0.4 is 0 Å². The summed E-state index contributed by atoms with van der Waals surface area (Å²) in [4.78, 5) is 0. The van der Waals surface area contributed by atoms with Crippen molar-refractivity contribution in [3.05, 3.63) is 556 Å². The van der Waals surface area contributed by atoms with E-state index >= 15 is 0 Å². The van der Waals surface area contributed by atoms with E-state index in [9.17, 15) is 0 Å². The molecule has 1 aromatic heterocycles. The van der Waals surface area contributed by atoms with E-state index in [2.05, 4.69) is 466 Å². The van der Waals surface area contributed by atoms with Crippen LogP contribution in [0.1, 0.15) is 112 Å². The molecule has 5 aliphatic rings. The molecule has 0 spiro atoms. The van der Waals surface area contributed by atoms with Gasteiger partial charge in [0, 0.05) is 34.2 Å². The van der Waals surface area contributed by atoms with Crippen molar-refractivity contribution >= 4 is 43.4 Å². The van der Waals surface area contributed by atoms with E-state index in [4.69, 9.17) is 0 Å². The van der Waals surface area contributed by atoms with Crippen molar-refractivity contribution < 1.29 is 0 Å². The second-order valence-electron chi connectivity index (χ2n) is 33.9. The lowest BCUT2D eigenvalue weighted by Gasteiger charge is -2.34. The highest BCUT2D eigenvalue weighted by molar-refractivity contribution is 6.13. The molecule has 0 fully saturated rings. The molecule has 3 unspecified atom stereocenters. The Morgan fingerprint density at radius 1 is 0.172 bits per heavy atom. The summed E-state index contributed by atoms with van der Waals surface area (Å²) in [6.07, 6.45) is 0. The summed E-state index contributed by atoms with van der Waals surface area (Å²) in [5.74, 6) is 0.528. The molecule has 1 heterocycles. The fourth-order valence-electron chi connectivity index (χ4n) is 22.6. The Labute approximate surface area is 710 Å². The van der Waals surface area contributed by atoms with Gasteiger partial charge in [-0.3, -0.25) is 0 Å². The van der Waals surface area contributed by atoms with E-state index in [-0.39, 0.29) is 17.8 Å². The van der Waals surface area contributed by atoms with E-state index in [1.165, 1.54) is 216 Å². The minimum Gasteiger partial charge on any atom is -0.309 e. The molecule has 1 heteroatoms. The van der Waals surface area contributed by atoms with Crippen LogP contribution in [-0.4, -0.2) is 4.57 Å². The molecule has 0 aliphatic heterocycles. The lowest BCUT2D eigenvalue weighted by molar-refractivity contribution is 0.768. The van der Waals surface area contributed by atoms with Crippen LogP contribution in [0.15, 0.2) is 461 Å². The number of aromatic nitrogens is 1. The van der Waals surface area contributed by atoms with Crippen LogP contribution in [0.25, 0.3) is 127 Å². The molecule has 1 nitrogen and oxygen atoms in total. The predicted molar refractivity (Wildman–Crippen MR) is 506 cm³/mol. The summed E-state index contributed by atoms with van der Waals surface area (Å²) in [7, 11) is 0. The maximum atomic E-state index is 2.57. The molecule has 0 amide bonds. The van der Waals surface area contributed by atoms with Gasteiger partial charge in [0.15, 0.2) is 0 Å². The molecule has 0 saturated carbocycles. The highest BCUT2D eigenvalue weighted by atomic mass is 15.0. The maximum absolute atomic E-state index is 2.57. The molecule has 568 valence electrons. The van der Waals surface area contributed by atoms with Gasteiger partial charge in [-0.1, -0.05) is 394 Å². The lowest BCUT2D eigenvalue weighted by atomic mass is 9.67. The van der Waals surface area contributed by atoms with Gasteiger partial charge in [-0.05, 0) is 261 Å². The zero-order valence-corrected chi connectivity index (χ0v) is 67.1. The molecule has 0 saturated heterocycles. The third-order valence-corrected chi connectivity index (χ3v) is 27.8. The number of benzene rings is 20. The SMILES string of the molecule is c1ccc(-n2c3ccc(-c4ccc5c(c4)-c4ccccc4C5c4ccc5ccccc5c4)cc3c3cc4c(cc32)C(c2ccccc2)(c2ccccc2)c2ccccc2-4)cc1.c1ccc(C2c3ccc(-c4ccc5c(c4)-c4ccccc4C5c4ccc5ccccc5c4)cc3-c3cc4c(cc32)-c2ccccc2C4(c2ccccc2)c2ccccc2)cc1. The highest BCUT2D eigenvalue weighted by Gasteiger charge is 2.49. The van der Waals surface area contributed by atoms with Crippen molar-refractivity contribution in [1.29, 1.82) is 0 Å². The van der Waals surface area contributed by atoms with Crippen LogP contribution in [0.2, 0.25) is 0 Å². The average Bonchev–Trinajstić information content (AvgIpc) is 1.53. The number of para-hydroxylation sites is 1. The minimum absolute atomic E-state index is 0.135. The largest absolute Gasteiger partial charge is 0.309 e. The van der Waals surface area contributed by atoms with Crippen LogP contribution in [0.3, 0.4) is 0 Å². The Hall–Kier alpha value is -15.3. The summed E-state index contributed by atoms with van der Waals surface area (Å²) < 4.78 is 2.48. The Morgan fingerprint density at radius 2 is 0.516 bits per heavy atom. The first-order valence-electron chi connectivity index (χ1n) is 42.9. The summed E-state index contributed by atoms with van der Waals surface area (Å²) in [5, 5.41) is 7.64. The van der Waals surface area contributed by atoms with Crippen molar-refractivity contribution in [3.8, 4) is 83.6 Å². The van der Waals surface area contributed by atoms with Crippen molar-refractivity contribution in [1.82, 2.24) is 4.57 Å². The highest BCUT2D eigenvalue weighted by Crippen LogP contribution is 2.63. The molecule has 3 atom stereocenters. The van der Waals surface area contributed by atoms with Gasteiger partial charge in [-0.25, -0.2) is 0 Å². The summed E-state index contributed by atoms with van der Waals surface area (Å²) in [6.45, 7) is 0. The normalized spacial score (nSPS) is 15.3. The van der Waals surface area contributed by atoms with Crippen molar-refractivity contribution in [2.24, 2.45) is 0 Å². The monoisotopic (exact) mass is 1550 g/mol. The van der Waals surface area contributed by atoms with Crippen LogP contribution in [0.4, 0.5) is 0 Å². The summed E-state index contributed by atoms with van der Waals surface area (Å²) in [6, 6.07) is 173. The van der Waals surface area contributed by atoms with Gasteiger partial charge < -0.3 is 4.57 Å². The van der Waals surface area contributed by atoms with Gasteiger partial charge in [0.1, 0.15) is 0 Å². The van der Waals surface area contributed by atoms with Crippen LogP contribution >= 0.6 is 0 Å². The van der Waals surface area contributed by atoms with E-state index in [1.54, 1.807) is 0 Å². The van der Waals surface area contributed by atoms with Gasteiger partial charge in [-0.2, -0.15) is 0 Å². The topological polar surface area (TPSA) is 4.93 Å². The summed E-state index contributed by atoms with van der Waals surface area (Å²) in [5.41, 5.74) is 43.5. The number of hydrogen-bond acceptors (Lipinski definition) is 0. The van der Waals surface area contributed by atoms with E-state index in [0.29, 0.717) is 0 Å². The predicted octanol–water partition coefficient (Wildman–Crippen LogP) is 30.3. The third-order valence-electron chi connectivity index (χ3n) is 27.8. The fourth-order valence-corrected chi connectivity index (χ4v) is 22.6. The van der Waals surface area contributed by atoms with Crippen LogP contribution in [-0.2, 0) is 10.8 Å². The third kappa shape index (κ3) is 10.4. The van der Waals surface area contributed by atoms with Crippen molar-refractivity contribution in [3.63, 3.8) is 0 Å². The maximum Gasteiger partial charge on any atom is 0.0714 e. The number of nitrogens with zero attached hydrogens (tertiary/aromatic N) is 1. The zero-order chi connectivity index (χ0) is 80.1. The molecular formula is C121H79N. The molecule has 122 heavy (non-hydrogen) atoms. The number of rotatable bonds is 10. The Morgan fingerprint density at radius 3 is 1.00 bits per heavy atom. The average molecular weight is 1550 g/mol. The second-order valence-corrected chi connectivity index (χ2v) is 33.9. The Balaban J connectivity index is 0.000000134. The van der Waals surface area contributed by atoms with Gasteiger partial charge in [0.2, 0.25) is 0 Å². The quantitative estimate of drug-likeness (QED) is 0.129. The van der Waals surface area contributed by atoms with E-state index in [0.717, 1.165) is 5.69 Å². The first-order chi connectivity index (χ1) is 60.5. The van der Waals surface area contributed by atoms with Crippen LogP contribution in [0, 0.1) is 0 Å². The number of hydrogen-bond donors (Lipinski definition) is 0. The van der Waals surface area contributed by atoms with Crippen molar-refractivity contribution in [2.45, 2.75) is 28.6 Å². The zero-order valence-electron chi connectivity index (χ0n) is 67.1. The second kappa shape index (κ2) is 27.7. The van der Waals surface area contributed by atoms with Gasteiger partial charge >= 0.3 is 0 Å². The molecule has 5 aliphatic carbocycles. The lowest BCUT2D eigenvalue weighted by Crippen LogP contribution is -2.28. The standard InChI is InChI=1S/C61H40.C60H39N/c1-4-17-40(18-5-1)59-51-33-31-43(42-30-32-50-52(35-42)47-24-12-13-26-49(47)60(50)44-29-28-39-16-10-11-19-41(39)34-44)36-53(51)54-38-58-55(37-56(54)59)48-25-14-15-27-57(48)61(58,45-20-6-2-7-21-45)46-22-8-3-9-23-46;1-4-18-44(19-5-1)60(45-20-6-2-7-21-45)55-27-15-14-25-48(55)52-37-54-53-36-42(31-33-57(53)61(58(54)38-56(52)60)46-22-8-3-9-23-46)41-30-32-50-51(35-41)47-24-12-13-26-49(47)59(50)43-29-28-39-16-10-11-17-40(39)34-43/h1-38,59-60H;1-38,59H. The molecule has 0 radical (unpaired) electrons. The van der Waals surface area contributed by atoms with Crippen LogP contribution in [0.5, 0.6) is 0 Å². The first kappa shape index (κ1) is 69.8. The molecule has 26 rings (SSSR count). The first-order valence-corrected chi connectivity index (χ1v) is 42.9. The van der Waals surface area contributed by atoms with Gasteiger partial charge in [0.25, 0.3) is 0 Å². The Bertz CT molecular complexity index is 7730. The van der Waals surface area contributed by atoms with E-state index in [1.807, 2.05) is 0 Å². The molecule has 0 bridgehead atoms. The molecular weight excluding hydrogens is 1470 g/mol. The van der Waals surface area contributed by atoms with Gasteiger partial charge in [-0.15, -0.1) is 0 Å².